The number of piperazine rings is 1. The van der Waals surface area contributed by atoms with Gasteiger partial charge in [-0.3, -0.25) is 19.7 Å². The zero-order valence-electron chi connectivity index (χ0n) is 17.3. The van der Waals surface area contributed by atoms with Gasteiger partial charge in [0, 0.05) is 51.5 Å². The Morgan fingerprint density at radius 2 is 1.97 bits per heavy atom. The Balaban J connectivity index is 1.38. The molecule has 3 aromatic heterocycles. The Labute approximate surface area is 181 Å². The van der Waals surface area contributed by atoms with Crippen LogP contribution in [0.25, 0.3) is 11.0 Å². The summed E-state index contributed by atoms with van der Waals surface area (Å²) in [5.74, 6) is 0. The van der Waals surface area contributed by atoms with Gasteiger partial charge >= 0.3 is 0 Å². The predicted octanol–water partition coefficient (Wildman–Crippen LogP) is 2.10. The molecule has 3 aromatic rings. The minimum absolute atomic E-state index is 0.0207. The van der Waals surface area contributed by atoms with Crippen molar-refractivity contribution in [3.8, 4) is 0 Å². The van der Waals surface area contributed by atoms with Crippen molar-refractivity contribution in [1.82, 2.24) is 25.2 Å². The van der Waals surface area contributed by atoms with Gasteiger partial charge in [0.15, 0.2) is 0 Å². The number of nitrogens with zero attached hydrogens (tertiary/aromatic N) is 4. The maximum Gasteiger partial charge on any atom is 0.251 e. The van der Waals surface area contributed by atoms with E-state index < -0.39 is 0 Å². The largest absolute Gasteiger partial charge is 0.378 e. The second-order valence-corrected chi connectivity index (χ2v) is 7.91. The summed E-state index contributed by atoms with van der Waals surface area (Å²) in [6.07, 6.45) is 4.52. The number of aromatic nitrogens is 3. The van der Waals surface area contributed by atoms with Crippen LogP contribution in [0.1, 0.15) is 23.7 Å². The number of rotatable bonds is 5. The van der Waals surface area contributed by atoms with Gasteiger partial charge in [0.25, 0.3) is 5.56 Å². The SMILES string of the molecule is CCc1cc2ncc(CN3CCN(c4ccc(C(=S)NC)nc4)CC3)cc2[nH]c1=O. The van der Waals surface area contributed by atoms with Gasteiger partial charge in [0.1, 0.15) is 4.99 Å². The number of aryl methyl sites for hydroxylation is 1. The zero-order valence-corrected chi connectivity index (χ0v) is 18.1. The minimum atomic E-state index is -0.0207. The average Bonchev–Trinajstić information content (AvgIpc) is 2.78. The molecule has 1 aliphatic rings. The normalized spacial score (nSPS) is 14.8. The summed E-state index contributed by atoms with van der Waals surface area (Å²) in [5, 5.41) is 2.95. The summed E-state index contributed by atoms with van der Waals surface area (Å²) < 4.78 is 0. The minimum Gasteiger partial charge on any atom is -0.378 e. The first-order valence-electron chi connectivity index (χ1n) is 10.2. The fourth-order valence-corrected chi connectivity index (χ4v) is 3.89. The molecular formula is C22H26N6OS. The van der Waals surface area contributed by atoms with Crippen LogP contribution in [-0.4, -0.2) is 58.1 Å². The molecule has 1 saturated heterocycles. The lowest BCUT2D eigenvalue weighted by Crippen LogP contribution is -2.46. The predicted molar refractivity (Wildman–Crippen MR) is 124 cm³/mol. The van der Waals surface area contributed by atoms with Gasteiger partial charge in [-0.2, -0.15) is 0 Å². The number of anilines is 1. The smallest absolute Gasteiger partial charge is 0.251 e. The first kappa shape index (κ1) is 20.4. The third-order valence-electron chi connectivity index (χ3n) is 5.56. The lowest BCUT2D eigenvalue weighted by Gasteiger charge is -2.36. The third-order valence-corrected chi connectivity index (χ3v) is 5.97. The fourth-order valence-electron chi connectivity index (χ4n) is 3.77. The van der Waals surface area contributed by atoms with E-state index in [2.05, 4.69) is 36.1 Å². The molecule has 4 heterocycles. The van der Waals surface area contributed by atoms with Gasteiger partial charge in [-0.25, -0.2) is 0 Å². The molecule has 0 radical (unpaired) electrons. The highest BCUT2D eigenvalue weighted by Gasteiger charge is 2.18. The summed E-state index contributed by atoms with van der Waals surface area (Å²) in [5.41, 5.74) is 5.42. The first-order valence-corrected chi connectivity index (χ1v) is 10.6. The van der Waals surface area contributed by atoms with Gasteiger partial charge < -0.3 is 15.2 Å². The van der Waals surface area contributed by atoms with E-state index in [4.69, 9.17) is 12.2 Å². The number of aromatic amines is 1. The summed E-state index contributed by atoms with van der Waals surface area (Å²) in [6.45, 7) is 6.60. The van der Waals surface area contributed by atoms with Crippen LogP contribution >= 0.6 is 12.2 Å². The highest BCUT2D eigenvalue weighted by molar-refractivity contribution is 7.80. The number of nitrogens with one attached hydrogen (secondary N) is 2. The van der Waals surface area contributed by atoms with Crippen LogP contribution in [0.15, 0.2) is 41.5 Å². The van der Waals surface area contributed by atoms with Crippen LogP contribution in [0.4, 0.5) is 5.69 Å². The maximum atomic E-state index is 12.1. The molecular weight excluding hydrogens is 396 g/mol. The van der Waals surface area contributed by atoms with Crippen molar-refractivity contribution in [2.24, 2.45) is 0 Å². The molecule has 7 nitrogen and oxygen atoms in total. The lowest BCUT2D eigenvalue weighted by molar-refractivity contribution is 0.249. The first-order chi connectivity index (χ1) is 14.6. The van der Waals surface area contributed by atoms with E-state index in [9.17, 15) is 4.79 Å². The van der Waals surface area contributed by atoms with E-state index in [1.165, 1.54) is 0 Å². The monoisotopic (exact) mass is 422 g/mol. The van der Waals surface area contributed by atoms with E-state index in [-0.39, 0.29) is 5.56 Å². The molecule has 0 atom stereocenters. The molecule has 0 unspecified atom stereocenters. The quantitative estimate of drug-likeness (QED) is 0.610. The Morgan fingerprint density at radius 1 is 1.17 bits per heavy atom. The molecule has 1 aliphatic heterocycles. The second-order valence-electron chi connectivity index (χ2n) is 7.50. The fraction of sp³-hybridized carbons (Fsp3) is 0.364. The number of H-pyrrole nitrogens is 1. The summed E-state index contributed by atoms with van der Waals surface area (Å²) in [4.78, 5) is 29.5. The number of fused-ring (bicyclic) bond motifs is 1. The van der Waals surface area contributed by atoms with E-state index in [1.54, 1.807) is 0 Å². The number of pyridine rings is 3. The lowest BCUT2D eigenvalue weighted by atomic mass is 10.1. The van der Waals surface area contributed by atoms with Crippen molar-refractivity contribution in [2.75, 3.05) is 38.1 Å². The van der Waals surface area contributed by atoms with Gasteiger partial charge in [-0.1, -0.05) is 19.1 Å². The molecule has 0 bridgehead atoms. The Morgan fingerprint density at radius 3 is 2.63 bits per heavy atom. The van der Waals surface area contributed by atoms with Crippen molar-refractivity contribution >= 4 is 33.9 Å². The van der Waals surface area contributed by atoms with E-state index >= 15 is 0 Å². The standard InChI is InChI=1S/C22H26N6OS/c1-3-16-11-19-20(26-21(16)29)10-15(12-24-19)14-27-6-8-28(9-7-27)17-4-5-18(25-13-17)22(30)23-2/h4-5,10-13H,3,6-9,14H2,1-2H3,(H,23,30)(H,26,29). The highest BCUT2D eigenvalue weighted by Crippen LogP contribution is 2.18. The molecule has 0 spiro atoms. The topological polar surface area (TPSA) is 77.2 Å². The highest BCUT2D eigenvalue weighted by atomic mass is 32.1. The average molecular weight is 423 g/mol. The van der Waals surface area contributed by atoms with Crippen LogP contribution in [0, 0.1) is 0 Å². The number of hydrogen-bond donors (Lipinski definition) is 2. The van der Waals surface area contributed by atoms with E-state index in [0.29, 0.717) is 11.4 Å². The van der Waals surface area contributed by atoms with Gasteiger partial charge in [-0.15, -0.1) is 0 Å². The van der Waals surface area contributed by atoms with Crippen LogP contribution in [0.3, 0.4) is 0 Å². The van der Waals surface area contributed by atoms with Gasteiger partial charge in [-0.05, 0) is 36.2 Å². The Bertz CT molecular complexity index is 1100. The van der Waals surface area contributed by atoms with Crippen LogP contribution in [-0.2, 0) is 13.0 Å². The van der Waals surface area contributed by atoms with E-state index in [0.717, 1.165) is 66.3 Å². The van der Waals surface area contributed by atoms with Crippen LogP contribution in [0.2, 0.25) is 0 Å². The summed E-state index contributed by atoms with van der Waals surface area (Å²) >= 11 is 5.23. The molecule has 1 fully saturated rings. The molecule has 4 rings (SSSR count). The van der Waals surface area contributed by atoms with Gasteiger partial charge in [0.05, 0.1) is 28.6 Å². The molecule has 30 heavy (non-hydrogen) atoms. The van der Waals surface area contributed by atoms with Crippen molar-refractivity contribution in [1.29, 1.82) is 0 Å². The Hall–Kier alpha value is -2.84. The summed E-state index contributed by atoms with van der Waals surface area (Å²) in [6, 6.07) is 7.98. The number of hydrogen-bond acceptors (Lipinski definition) is 6. The Kier molecular flexibility index (Phi) is 6.06. The van der Waals surface area contributed by atoms with E-state index in [1.807, 2.05) is 44.6 Å². The molecule has 2 N–H and O–H groups in total. The third kappa shape index (κ3) is 4.34. The molecule has 156 valence electrons. The number of thiocarbonyl (C=S) groups is 1. The zero-order chi connectivity index (χ0) is 21.1. The molecule has 8 heteroatoms. The maximum absolute atomic E-state index is 12.1. The van der Waals surface area contributed by atoms with Crippen LogP contribution < -0.4 is 15.8 Å². The van der Waals surface area contributed by atoms with Crippen LogP contribution in [0.5, 0.6) is 0 Å². The van der Waals surface area contributed by atoms with Crippen molar-refractivity contribution in [3.63, 3.8) is 0 Å². The molecule has 0 aliphatic carbocycles. The molecule has 0 aromatic carbocycles. The molecule has 0 amide bonds. The second kappa shape index (κ2) is 8.89. The van der Waals surface area contributed by atoms with Gasteiger partial charge in [0.2, 0.25) is 0 Å². The molecule has 0 saturated carbocycles. The summed E-state index contributed by atoms with van der Waals surface area (Å²) in [7, 11) is 1.81. The van der Waals surface area contributed by atoms with Crippen molar-refractivity contribution < 1.29 is 0 Å². The van der Waals surface area contributed by atoms with Crippen molar-refractivity contribution in [3.05, 3.63) is 63.8 Å². The van der Waals surface area contributed by atoms with Crippen molar-refractivity contribution in [2.45, 2.75) is 19.9 Å².